The first-order chi connectivity index (χ1) is 11.7. The third-order valence-corrected chi connectivity index (χ3v) is 4.09. The normalized spacial score (nSPS) is 16.8. The van der Waals surface area contributed by atoms with Crippen LogP contribution < -0.4 is 10.6 Å². The van der Waals surface area contributed by atoms with Gasteiger partial charge in [0.1, 0.15) is 5.69 Å². The number of benzene rings is 1. The third kappa shape index (κ3) is 4.55. The van der Waals surface area contributed by atoms with Gasteiger partial charge in [0.25, 0.3) is 5.91 Å². The van der Waals surface area contributed by atoms with Gasteiger partial charge in [-0.15, -0.1) is 0 Å². The van der Waals surface area contributed by atoms with Crippen molar-refractivity contribution in [1.82, 2.24) is 10.3 Å². The predicted molar refractivity (Wildman–Crippen MR) is 94.0 cm³/mol. The first kappa shape index (κ1) is 16.5. The highest BCUT2D eigenvalue weighted by molar-refractivity contribution is 5.93. The van der Waals surface area contributed by atoms with Crippen LogP contribution in [-0.2, 0) is 11.3 Å². The number of carbonyl (C=O) groups excluding carboxylic acids is 1. The molecule has 0 spiro atoms. The molecule has 24 heavy (non-hydrogen) atoms. The maximum atomic E-state index is 12.2. The summed E-state index contributed by atoms with van der Waals surface area (Å²) < 4.78 is 5.51. The average molecular weight is 325 g/mol. The summed E-state index contributed by atoms with van der Waals surface area (Å²) in [5.41, 5.74) is 3.74. The molecule has 126 valence electrons. The molecule has 3 rings (SSSR count). The molecule has 2 aromatic rings. The minimum atomic E-state index is -0.162. The van der Waals surface area contributed by atoms with E-state index in [2.05, 4.69) is 40.7 Å². The lowest BCUT2D eigenvalue weighted by atomic mass is 10.1. The Kier molecular flexibility index (Phi) is 5.43. The number of pyridine rings is 1. The highest BCUT2D eigenvalue weighted by Gasteiger charge is 2.17. The van der Waals surface area contributed by atoms with Crippen molar-refractivity contribution >= 4 is 11.6 Å². The van der Waals surface area contributed by atoms with Crippen molar-refractivity contribution in [2.24, 2.45) is 0 Å². The number of carbonyl (C=O) groups is 1. The molecule has 0 bridgehead atoms. The number of ether oxygens (including phenoxy) is 1. The summed E-state index contributed by atoms with van der Waals surface area (Å²) in [5.74, 6) is -0.162. The van der Waals surface area contributed by atoms with Crippen molar-refractivity contribution in [3.05, 3.63) is 59.4 Å². The molecule has 1 amide bonds. The van der Waals surface area contributed by atoms with E-state index in [9.17, 15) is 4.79 Å². The zero-order valence-corrected chi connectivity index (χ0v) is 13.9. The van der Waals surface area contributed by atoms with Crippen molar-refractivity contribution in [2.75, 3.05) is 18.5 Å². The molecule has 1 fully saturated rings. The van der Waals surface area contributed by atoms with E-state index in [4.69, 9.17) is 4.74 Å². The molecule has 0 saturated carbocycles. The van der Waals surface area contributed by atoms with Crippen LogP contribution in [0.3, 0.4) is 0 Å². The SMILES string of the molecule is Cc1cccc(CNc2ccnc(C(=O)NCC3CCCO3)c2)c1. The Bertz CT molecular complexity index is 697. The van der Waals surface area contributed by atoms with Gasteiger partial charge in [-0.1, -0.05) is 29.8 Å². The van der Waals surface area contributed by atoms with Crippen molar-refractivity contribution in [2.45, 2.75) is 32.4 Å². The summed E-state index contributed by atoms with van der Waals surface area (Å²) in [4.78, 5) is 16.4. The minimum absolute atomic E-state index is 0.136. The van der Waals surface area contributed by atoms with Crippen LogP contribution >= 0.6 is 0 Å². The zero-order valence-electron chi connectivity index (χ0n) is 13.9. The van der Waals surface area contributed by atoms with Crippen LogP contribution in [0.1, 0.15) is 34.5 Å². The topological polar surface area (TPSA) is 63.2 Å². The van der Waals surface area contributed by atoms with Crippen LogP contribution in [0.25, 0.3) is 0 Å². The summed E-state index contributed by atoms with van der Waals surface area (Å²) >= 11 is 0. The first-order valence-electron chi connectivity index (χ1n) is 8.36. The Morgan fingerprint density at radius 2 is 2.25 bits per heavy atom. The molecular formula is C19H23N3O2. The molecular weight excluding hydrogens is 302 g/mol. The quantitative estimate of drug-likeness (QED) is 0.857. The molecule has 0 radical (unpaired) electrons. The highest BCUT2D eigenvalue weighted by Crippen LogP contribution is 2.13. The molecule has 1 aliphatic rings. The van der Waals surface area contributed by atoms with E-state index in [-0.39, 0.29) is 12.0 Å². The van der Waals surface area contributed by atoms with Crippen LogP contribution in [0.15, 0.2) is 42.6 Å². The van der Waals surface area contributed by atoms with E-state index in [0.717, 1.165) is 25.1 Å². The largest absolute Gasteiger partial charge is 0.381 e. The fraction of sp³-hybridized carbons (Fsp3) is 0.368. The fourth-order valence-corrected chi connectivity index (χ4v) is 2.79. The van der Waals surface area contributed by atoms with E-state index < -0.39 is 0 Å². The third-order valence-electron chi connectivity index (χ3n) is 4.09. The Labute approximate surface area is 142 Å². The maximum absolute atomic E-state index is 12.2. The number of hydrogen-bond donors (Lipinski definition) is 2. The van der Waals surface area contributed by atoms with Gasteiger partial charge >= 0.3 is 0 Å². The molecule has 2 heterocycles. The standard InChI is InChI=1S/C19H23N3O2/c1-14-4-2-5-15(10-14)12-21-16-7-8-20-18(11-16)19(23)22-13-17-6-3-9-24-17/h2,4-5,7-8,10-11,17H,3,6,9,12-13H2,1H3,(H,20,21)(H,22,23). The van der Waals surface area contributed by atoms with Gasteiger partial charge in [0.05, 0.1) is 6.10 Å². The van der Waals surface area contributed by atoms with Gasteiger partial charge < -0.3 is 15.4 Å². The summed E-state index contributed by atoms with van der Waals surface area (Å²) in [6, 6.07) is 12.0. The van der Waals surface area contributed by atoms with Gasteiger partial charge in [-0.25, -0.2) is 0 Å². The number of amides is 1. The number of anilines is 1. The van der Waals surface area contributed by atoms with Gasteiger partial charge in [-0.05, 0) is 37.5 Å². The fourth-order valence-electron chi connectivity index (χ4n) is 2.79. The summed E-state index contributed by atoms with van der Waals surface area (Å²) in [5, 5.41) is 6.23. The van der Waals surface area contributed by atoms with E-state index >= 15 is 0 Å². The molecule has 1 aromatic carbocycles. The Hall–Kier alpha value is -2.40. The lowest BCUT2D eigenvalue weighted by molar-refractivity contribution is 0.0854. The summed E-state index contributed by atoms with van der Waals surface area (Å²) in [7, 11) is 0. The molecule has 1 aromatic heterocycles. The summed E-state index contributed by atoms with van der Waals surface area (Å²) in [6.45, 7) is 4.12. The van der Waals surface area contributed by atoms with Crippen molar-refractivity contribution < 1.29 is 9.53 Å². The molecule has 1 aliphatic heterocycles. The van der Waals surface area contributed by atoms with Crippen LogP contribution in [-0.4, -0.2) is 30.1 Å². The maximum Gasteiger partial charge on any atom is 0.270 e. The van der Waals surface area contributed by atoms with Crippen LogP contribution in [0, 0.1) is 6.92 Å². The second-order valence-electron chi connectivity index (χ2n) is 6.12. The highest BCUT2D eigenvalue weighted by atomic mass is 16.5. The van der Waals surface area contributed by atoms with Gasteiger partial charge in [-0.2, -0.15) is 0 Å². The number of hydrogen-bond acceptors (Lipinski definition) is 4. The average Bonchev–Trinajstić information content (AvgIpc) is 3.12. The van der Waals surface area contributed by atoms with Crippen LogP contribution in [0.2, 0.25) is 0 Å². The molecule has 2 N–H and O–H groups in total. The van der Waals surface area contributed by atoms with Crippen molar-refractivity contribution in [3.63, 3.8) is 0 Å². The molecule has 0 aliphatic carbocycles. The van der Waals surface area contributed by atoms with E-state index in [1.165, 1.54) is 11.1 Å². The lowest BCUT2D eigenvalue weighted by Gasteiger charge is -2.11. The number of aromatic nitrogens is 1. The Morgan fingerprint density at radius 1 is 1.33 bits per heavy atom. The molecule has 1 saturated heterocycles. The van der Waals surface area contributed by atoms with Gasteiger partial charge in [0, 0.05) is 31.6 Å². The predicted octanol–water partition coefficient (Wildman–Crippen LogP) is 2.91. The van der Waals surface area contributed by atoms with E-state index in [1.54, 1.807) is 12.3 Å². The minimum Gasteiger partial charge on any atom is -0.381 e. The molecule has 1 atom stereocenters. The molecule has 5 heteroatoms. The second kappa shape index (κ2) is 7.93. The number of rotatable bonds is 6. The Morgan fingerprint density at radius 3 is 3.04 bits per heavy atom. The van der Waals surface area contributed by atoms with E-state index in [1.807, 2.05) is 12.1 Å². The smallest absolute Gasteiger partial charge is 0.270 e. The monoisotopic (exact) mass is 325 g/mol. The lowest BCUT2D eigenvalue weighted by Crippen LogP contribution is -2.32. The Balaban J connectivity index is 1.55. The van der Waals surface area contributed by atoms with Gasteiger partial charge in [0.15, 0.2) is 0 Å². The second-order valence-corrected chi connectivity index (χ2v) is 6.12. The molecule has 1 unspecified atom stereocenters. The van der Waals surface area contributed by atoms with E-state index in [0.29, 0.717) is 18.8 Å². The number of aryl methyl sites for hydroxylation is 1. The van der Waals surface area contributed by atoms with Crippen LogP contribution in [0.4, 0.5) is 5.69 Å². The van der Waals surface area contributed by atoms with Crippen molar-refractivity contribution in [1.29, 1.82) is 0 Å². The molecule has 5 nitrogen and oxygen atoms in total. The van der Waals surface area contributed by atoms with Gasteiger partial charge in [-0.3, -0.25) is 9.78 Å². The number of nitrogens with zero attached hydrogens (tertiary/aromatic N) is 1. The van der Waals surface area contributed by atoms with Crippen molar-refractivity contribution in [3.8, 4) is 0 Å². The first-order valence-corrected chi connectivity index (χ1v) is 8.36. The zero-order chi connectivity index (χ0) is 16.8. The van der Waals surface area contributed by atoms with Crippen LogP contribution in [0.5, 0.6) is 0 Å². The van der Waals surface area contributed by atoms with Gasteiger partial charge in [0.2, 0.25) is 0 Å². The number of nitrogens with one attached hydrogen (secondary N) is 2. The summed E-state index contributed by atoms with van der Waals surface area (Å²) in [6.07, 6.45) is 3.86.